The summed E-state index contributed by atoms with van der Waals surface area (Å²) in [6.45, 7) is 2.18. The fourth-order valence-electron chi connectivity index (χ4n) is 1.31. The molecule has 0 aromatic heterocycles. The van der Waals surface area contributed by atoms with Crippen LogP contribution in [0.1, 0.15) is 32.6 Å². The van der Waals surface area contributed by atoms with Crippen molar-refractivity contribution in [2.45, 2.75) is 44.7 Å². The van der Waals surface area contributed by atoms with Gasteiger partial charge in [0.05, 0.1) is 7.11 Å². The fraction of sp³-hybridized carbons (Fsp3) is 0.909. The predicted octanol–water partition coefficient (Wildman–Crippen LogP) is 1.81. The van der Waals surface area contributed by atoms with E-state index >= 15 is 0 Å². The minimum atomic E-state index is -0.120. The van der Waals surface area contributed by atoms with Gasteiger partial charge in [-0.15, -0.1) is 0 Å². The first-order valence-corrected chi connectivity index (χ1v) is 6.85. The Morgan fingerprint density at radius 2 is 2.33 bits per heavy atom. The maximum Gasteiger partial charge on any atom is 0.323 e. The SMILES string of the molecule is CCCCSCC(NC1CC1)C(=O)OC. The first kappa shape index (κ1) is 12.8. The highest BCUT2D eigenvalue weighted by molar-refractivity contribution is 7.99. The Bertz CT molecular complexity index is 195. The van der Waals surface area contributed by atoms with E-state index in [4.69, 9.17) is 4.74 Å². The standard InChI is InChI=1S/C11H21NO2S/c1-3-4-7-15-8-10(11(13)14-2)12-9-5-6-9/h9-10,12H,3-8H2,1-2H3. The quantitative estimate of drug-likeness (QED) is 0.511. The molecule has 88 valence electrons. The Morgan fingerprint density at radius 3 is 2.87 bits per heavy atom. The Kier molecular flexibility index (Phi) is 6.10. The Morgan fingerprint density at radius 1 is 1.60 bits per heavy atom. The topological polar surface area (TPSA) is 38.3 Å². The summed E-state index contributed by atoms with van der Waals surface area (Å²) in [4.78, 5) is 11.4. The fourth-order valence-corrected chi connectivity index (χ4v) is 2.44. The van der Waals surface area contributed by atoms with Gasteiger partial charge in [-0.05, 0) is 25.0 Å². The Labute approximate surface area is 96.3 Å². The third kappa shape index (κ3) is 5.42. The molecule has 1 rings (SSSR count). The maximum atomic E-state index is 11.4. The number of unbranched alkanes of at least 4 members (excludes halogenated alkanes) is 1. The zero-order valence-electron chi connectivity index (χ0n) is 9.62. The number of carbonyl (C=O) groups is 1. The number of nitrogens with one attached hydrogen (secondary N) is 1. The molecule has 0 aromatic carbocycles. The number of rotatable bonds is 8. The normalized spacial score (nSPS) is 17.5. The van der Waals surface area contributed by atoms with Crippen molar-refractivity contribution in [3.8, 4) is 0 Å². The molecule has 0 heterocycles. The van der Waals surface area contributed by atoms with E-state index in [9.17, 15) is 4.79 Å². The van der Waals surface area contributed by atoms with Crippen LogP contribution in [0, 0.1) is 0 Å². The molecule has 0 aromatic rings. The molecule has 1 fully saturated rings. The second-order valence-corrected chi connectivity index (χ2v) is 5.09. The van der Waals surface area contributed by atoms with Gasteiger partial charge in [-0.25, -0.2) is 0 Å². The molecule has 1 N–H and O–H groups in total. The van der Waals surface area contributed by atoms with Gasteiger partial charge in [-0.1, -0.05) is 13.3 Å². The molecule has 4 heteroatoms. The molecule has 1 saturated carbocycles. The highest BCUT2D eigenvalue weighted by Gasteiger charge is 2.28. The van der Waals surface area contributed by atoms with Crippen LogP contribution in [0.15, 0.2) is 0 Å². The van der Waals surface area contributed by atoms with Gasteiger partial charge in [0.25, 0.3) is 0 Å². The zero-order valence-corrected chi connectivity index (χ0v) is 10.4. The third-order valence-corrected chi connectivity index (χ3v) is 3.57. The second-order valence-electron chi connectivity index (χ2n) is 3.95. The van der Waals surface area contributed by atoms with Gasteiger partial charge in [0, 0.05) is 11.8 Å². The average molecular weight is 231 g/mol. The molecule has 0 bridgehead atoms. The summed E-state index contributed by atoms with van der Waals surface area (Å²) in [5, 5.41) is 3.32. The molecule has 1 aliphatic rings. The molecule has 0 spiro atoms. The van der Waals surface area contributed by atoms with Gasteiger partial charge >= 0.3 is 5.97 Å². The number of hydrogen-bond donors (Lipinski definition) is 1. The largest absolute Gasteiger partial charge is 0.468 e. The van der Waals surface area contributed by atoms with Gasteiger partial charge < -0.3 is 10.1 Å². The lowest BCUT2D eigenvalue weighted by Crippen LogP contribution is -2.41. The summed E-state index contributed by atoms with van der Waals surface area (Å²) in [6.07, 6.45) is 4.84. The van der Waals surface area contributed by atoms with Crippen LogP contribution < -0.4 is 5.32 Å². The van der Waals surface area contributed by atoms with E-state index < -0.39 is 0 Å². The molecule has 0 radical (unpaired) electrons. The van der Waals surface area contributed by atoms with Gasteiger partial charge in [-0.2, -0.15) is 11.8 Å². The highest BCUT2D eigenvalue weighted by atomic mass is 32.2. The van der Waals surface area contributed by atoms with Gasteiger partial charge in [0.1, 0.15) is 6.04 Å². The van der Waals surface area contributed by atoms with Crippen molar-refractivity contribution >= 4 is 17.7 Å². The maximum absolute atomic E-state index is 11.4. The van der Waals surface area contributed by atoms with Gasteiger partial charge in [0.2, 0.25) is 0 Å². The van der Waals surface area contributed by atoms with Crippen molar-refractivity contribution < 1.29 is 9.53 Å². The zero-order chi connectivity index (χ0) is 11.1. The van der Waals surface area contributed by atoms with Crippen LogP contribution in [0.4, 0.5) is 0 Å². The van der Waals surface area contributed by atoms with Crippen LogP contribution in [0.2, 0.25) is 0 Å². The first-order chi connectivity index (χ1) is 7.27. The second kappa shape index (κ2) is 7.12. The molecular weight excluding hydrogens is 210 g/mol. The van der Waals surface area contributed by atoms with Crippen LogP contribution in [0.25, 0.3) is 0 Å². The molecule has 0 saturated heterocycles. The number of hydrogen-bond acceptors (Lipinski definition) is 4. The third-order valence-electron chi connectivity index (χ3n) is 2.43. The lowest BCUT2D eigenvalue weighted by atomic mass is 10.3. The van der Waals surface area contributed by atoms with E-state index in [2.05, 4.69) is 12.2 Å². The number of esters is 1. The van der Waals surface area contributed by atoms with E-state index in [1.807, 2.05) is 11.8 Å². The Balaban J connectivity index is 2.18. The number of thioether (sulfide) groups is 1. The summed E-state index contributed by atoms with van der Waals surface area (Å²) in [5.41, 5.74) is 0. The molecule has 15 heavy (non-hydrogen) atoms. The predicted molar refractivity (Wildman–Crippen MR) is 64.2 cm³/mol. The lowest BCUT2D eigenvalue weighted by Gasteiger charge is -2.15. The molecule has 1 aliphatic carbocycles. The molecule has 3 nitrogen and oxygen atoms in total. The van der Waals surface area contributed by atoms with Crippen molar-refractivity contribution in [2.24, 2.45) is 0 Å². The van der Waals surface area contributed by atoms with Crippen LogP contribution in [0.3, 0.4) is 0 Å². The summed E-state index contributed by atoms with van der Waals surface area (Å²) in [7, 11) is 1.46. The van der Waals surface area contributed by atoms with Gasteiger partial charge in [-0.3, -0.25) is 4.79 Å². The molecule has 0 aliphatic heterocycles. The minimum absolute atomic E-state index is 0.107. The number of carbonyl (C=O) groups excluding carboxylic acids is 1. The van der Waals surface area contributed by atoms with E-state index in [1.165, 1.54) is 32.8 Å². The van der Waals surface area contributed by atoms with Crippen LogP contribution >= 0.6 is 11.8 Å². The summed E-state index contributed by atoms with van der Waals surface area (Å²) in [5.74, 6) is 1.85. The van der Waals surface area contributed by atoms with Crippen molar-refractivity contribution in [3.05, 3.63) is 0 Å². The van der Waals surface area contributed by atoms with Crippen molar-refractivity contribution in [2.75, 3.05) is 18.6 Å². The van der Waals surface area contributed by atoms with Crippen molar-refractivity contribution in [3.63, 3.8) is 0 Å². The first-order valence-electron chi connectivity index (χ1n) is 5.69. The minimum Gasteiger partial charge on any atom is -0.468 e. The summed E-state index contributed by atoms with van der Waals surface area (Å²) in [6, 6.07) is 0.449. The lowest BCUT2D eigenvalue weighted by molar-refractivity contribution is -0.142. The van der Waals surface area contributed by atoms with E-state index in [1.54, 1.807) is 0 Å². The van der Waals surface area contributed by atoms with Crippen molar-refractivity contribution in [1.82, 2.24) is 5.32 Å². The van der Waals surface area contributed by atoms with Crippen molar-refractivity contribution in [1.29, 1.82) is 0 Å². The van der Waals surface area contributed by atoms with E-state index in [0.717, 1.165) is 11.5 Å². The Hall–Kier alpha value is -0.220. The molecule has 0 amide bonds. The van der Waals surface area contributed by atoms with Crippen LogP contribution in [-0.4, -0.2) is 36.7 Å². The highest BCUT2D eigenvalue weighted by Crippen LogP contribution is 2.20. The summed E-state index contributed by atoms with van der Waals surface area (Å²) >= 11 is 1.84. The number of ether oxygens (including phenoxy) is 1. The van der Waals surface area contributed by atoms with Crippen LogP contribution in [0.5, 0.6) is 0 Å². The smallest absolute Gasteiger partial charge is 0.323 e. The van der Waals surface area contributed by atoms with Gasteiger partial charge in [0.15, 0.2) is 0 Å². The number of methoxy groups -OCH3 is 1. The van der Waals surface area contributed by atoms with E-state index in [-0.39, 0.29) is 12.0 Å². The monoisotopic (exact) mass is 231 g/mol. The average Bonchev–Trinajstić information content (AvgIpc) is 3.05. The van der Waals surface area contributed by atoms with E-state index in [0.29, 0.717) is 6.04 Å². The van der Waals surface area contributed by atoms with Crippen LogP contribution in [-0.2, 0) is 9.53 Å². The molecule has 1 unspecified atom stereocenters. The molecular formula is C11H21NO2S. The molecule has 1 atom stereocenters. The summed E-state index contributed by atoms with van der Waals surface area (Å²) < 4.78 is 4.78.